The molecule has 1 atom stereocenters. The molecule has 1 aromatic heterocycles. The Bertz CT molecular complexity index is 573. The van der Waals surface area contributed by atoms with Gasteiger partial charge in [-0.05, 0) is 20.8 Å². The quantitative estimate of drug-likeness (QED) is 0.526. The van der Waals surface area contributed by atoms with Crippen molar-refractivity contribution in [3.63, 3.8) is 0 Å². The van der Waals surface area contributed by atoms with Gasteiger partial charge in [-0.25, -0.2) is 9.78 Å². The summed E-state index contributed by atoms with van der Waals surface area (Å²) < 4.78 is 0. The summed E-state index contributed by atoms with van der Waals surface area (Å²) in [6, 6.07) is 0.0926. The molecule has 0 bridgehead atoms. The molecular weight excluding hydrogens is 280 g/mol. The number of amides is 1. The monoisotopic (exact) mass is 296 g/mol. The molecular formula is C12H16N4O5. The Kier molecular flexibility index (Phi) is 5.17. The summed E-state index contributed by atoms with van der Waals surface area (Å²) in [4.78, 5) is 36.5. The van der Waals surface area contributed by atoms with Crippen LogP contribution in [-0.4, -0.2) is 39.0 Å². The summed E-state index contributed by atoms with van der Waals surface area (Å²) in [5, 5.41) is 25.0. The molecule has 0 aliphatic heterocycles. The number of carboxylic acid groups (broad SMARTS) is 1. The van der Waals surface area contributed by atoms with Gasteiger partial charge in [0.05, 0.1) is 4.92 Å². The van der Waals surface area contributed by atoms with Crippen molar-refractivity contribution in [3.05, 3.63) is 27.9 Å². The molecule has 1 amide bonds. The Balaban J connectivity index is 3.00. The Labute approximate surface area is 120 Å². The molecule has 0 saturated carbocycles. The van der Waals surface area contributed by atoms with E-state index in [0.717, 1.165) is 12.3 Å². The Hall–Kier alpha value is -2.71. The van der Waals surface area contributed by atoms with Crippen LogP contribution < -0.4 is 10.6 Å². The topological polar surface area (TPSA) is 134 Å². The Morgan fingerprint density at radius 3 is 2.48 bits per heavy atom. The second kappa shape index (κ2) is 6.64. The number of carbonyl (C=O) groups is 2. The number of pyridine rings is 1. The van der Waals surface area contributed by atoms with Crippen molar-refractivity contribution in [2.75, 3.05) is 5.32 Å². The van der Waals surface area contributed by atoms with E-state index in [2.05, 4.69) is 15.6 Å². The second-order valence-corrected chi connectivity index (χ2v) is 4.68. The highest BCUT2D eigenvalue weighted by molar-refractivity contribution is 5.95. The zero-order valence-corrected chi connectivity index (χ0v) is 11.8. The van der Waals surface area contributed by atoms with Crippen molar-refractivity contribution in [2.45, 2.75) is 32.9 Å². The molecule has 0 aromatic carbocycles. The summed E-state index contributed by atoms with van der Waals surface area (Å²) >= 11 is 0. The molecule has 114 valence electrons. The number of carbonyl (C=O) groups excluding carboxylic acids is 1. The minimum Gasteiger partial charge on any atom is -0.478 e. The third-order valence-electron chi connectivity index (χ3n) is 2.49. The van der Waals surface area contributed by atoms with E-state index in [1.807, 2.05) is 0 Å². The van der Waals surface area contributed by atoms with E-state index in [-0.39, 0.29) is 23.3 Å². The van der Waals surface area contributed by atoms with Crippen molar-refractivity contribution >= 4 is 23.4 Å². The molecule has 0 aliphatic rings. The lowest BCUT2D eigenvalue weighted by Crippen LogP contribution is -2.41. The highest BCUT2D eigenvalue weighted by Crippen LogP contribution is 2.19. The van der Waals surface area contributed by atoms with Crippen molar-refractivity contribution in [1.82, 2.24) is 10.3 Å². The lowest BCUT2D eigenvalue weighted by atomic mass is 10.2. The van der Waals surface area contributed by atoms with Crippen molar-refractivity contribution < 1.29 is 19.6 Å². The molecule has 3 N–H and O–H groups in total. The van der Waals surface area contributed by atoms with Gasteiger partial charge < -0.3 is 15.7 Å². The summed E-state index contributed by atoms with van der Waals surface area (Å²) in [6.45, 7) is 5.11. The van der Waals surface area contributed by atoms with E-state index in [0.29, 0.717) is 0 Å². The summed E-state index contributed by atoms with van der Waals surface area (Å²) in [5.41, 5.74) is -0.800. The van der Waals surface area contributed by atoms with Crippen LogP contribution in [0, 0.1) is 10.1 Å². The average molecular weight is 296 g/mol. The third kappa shape index (κ3) is 4.41. The van der Waals surface area contributed by atoms with Gasteiger partial charge in [0.1, 0.15) is 23.6 Å². The van der Waals surface area contributed by atoms with Crippen LogP contribution in [0.2, 0.25) is 0 Å². The van der Waals surface area contributed by atoms with Crippen LogP contribution in [0.5, 0.6) is 0 Å². The number of rotatable bonds is 6. The number of hydrogen-bond acceptors (Lipinski definition) is 6. The second-order valence-electron chi connectivity index (χ2n) is 4.68. The molecule has 9 heteroatoms. The smallest absolute Gasteiger partial charge is 0.339 e. The zero-order valence-electron chi connectivity index (χ0n) is 11.8. The molecule has 0 saturated heterocycles. The van der Waals surface area contributed by atoms with E-state index in [1.54, 1.807) is 13.8 Å². The highest BCUT2D eigenvalue weighted by atomic mass is 16.6. The number of nitrogens with zero attached hydrogens (tertiary/aromatic N) is 2. The first kappa shape index (κ1) is 16.3. The van der Waals surface area contributed by atoms with Gasteiger partial charge in [0, 0.05) is 12.1 Å². The fourth-order valence-corrected chi connectivity index (χ4v) is 1.51. The molecule has 1 aromatic rings. The first-order chi connectivity index (χ1) is 9.72. The van der Waals surface area contributed by atoms with Gasteiger partial charge in [-0.15, -0.1) is 0 Å². The SMILES string of the molecule is CC(C)NC(=O)C(C)Nc1ncc([N+](=O)[O-])cc1C(=O)O. The Morgan fingerprint density at radius 2 is 2.00 bits per heavy atom. The fourth-order valence-electron chi connectivity index (χ4n) is 1.51. The van der Waals surface area contributed by atoms with Crippen molar-refractivity contribution in [3.8, 4) is 0 Å². The maximum atomic E-state index is 11.8. The van der Waals surface area contributed by atoms with Crippen LogP contribution in [-0.2, 0) is 4.79 Å². The van der Waals surface area contributed by atoms with Crippen LogP contribution in [0.3, 0.4) is 0 Å². The van der Waals surface area contributed by atoms with Crippen molar-refractivity contribution in [1.29, 1.82) is 0 Å². The predicted octanol–water partition coefficient (Wildman–Crippen LogP) is 1.01. The van der Waals surface area contributed by atoms with E-state index in [4.69, 9.17) is 5.11 Å². The van der Waals surface area contributed by atoms with E-state index < -0.39 is 22.6 Å². The van der Waals surface area contributed by atoms with Gasteiger partial charge in [-0.1, -0.05) is 0 Å². The minimum absolute atomic E-state index is 0.0643. The number of anilines is 1. The number of nitro groups is 1. The molecule has 0 spiro atoms. The van der Waals surface area contributed by atoms with Crippen LogP contribution in [0.1, 0.15) is 31.1 Å². The number of aromatic carboxylic acids is 1. The number of carboxylic acids is 1. The van der Waals surface area contributed by atoms with Gasteiger partial charge in [0.2, 0.25) is 5.91 Å². The molecule has 0 fully saturated rings. The maximum Gasteiger partial charge on any atom is 0.339 e. The molecule has 1 heterocycles. The summed E-state index contributed by atoms with van der Waals surface area (Å²) in [6.07, 6.45) is 0.932. The predicted molar refractivity (Wildman–Crippen MR) is 74.2 cm³/mol. The van der Waals surface area contributed by atoms with Crippen LogP contribution in [0.25, 0.3) is 0 Å². The first-order valence-electron chi connectivity index (χ1n) is 6.17. The minimum atomic E-state index is -1.37. The summed E-state index contributed by atoms with van der Waals surface area (Å²) in [5.74, 6) is -1.80. The number of nitrogens with one attached hydrogen (secondary N) is 2. The fraction of sp³-hybridized carbons (Fsp3) is 0.417. The molecule has 1 unspecified atom stereocenters. The largest absolute Gasteiger partial charge is 0.478 e. The summed E-state index contributed by atoms with van der Waals surface area (Å²) in [7, 11) is 0. The lowest BCUT2D eigenvalue weighted by Gasteiger charge is -2.17. The molecule has 21 heavy (non-hydrogen) atoms. The van der Waals surface area contributed by atoms with Gasteiger partial charge >= 0.3 is 5.97 Å². The highest BCUT2D eigenvalue weighted by Gasteiger charge is 2.21. The van der Waals surface area contributed by atoms with Gasteiger partial charge in [-0.2, -0.15) is 0 Å². The third-order valence-corrected chi connectivity index (χ3v) is 2.49. The van der Waals surface area contributed by atoms with E-state index >= 15 is 0 Å². The van der Waals surface area contributed by atoms with Crippen molar-refractivity contribution in [2.24, 2.45) is 0 Å². The zero-order chi connectivity index (χ0) is 16.2. The normalized spacial score (nSPS) is 11.8. The standard InChI is InChI=1S/C12H16N4O5/c1-6(2)14-11(17)7(3)15-10-9(12(18)19)4-8(5-13-10)16(20)21/h4-7H,1-3H3,(H,13,15)(H,14,17)(H,18,19). The number of hydrogen-bond donors (Lipinski definition) is 3. The maximum absolute atomic E-state index is 11.8. The molecule has 0 radical (unpaired) electrons. The Morgan fingerprint density at radius 1 is 1.38 bits per heavy atom. The van der Waals surface area contributed by atoms with Crippen LogP contribution >= 0.6 is 0 Å². The average Bonchev–Trinajstić information content (AvgIpc) is 2.37. The number of aromatic nitrogens is 1. The molecule has 1 rings (SSSR count). The lowest BCUT2D eigenvalue weighted by molar-refractivity contribution is -0.385. The van der Waals surface area contributed by atoms with Crippen LogP contribution in [0.4, 0.5) is 11.5 Å². The van der Waals surface area contributed by atoms with Gasteiger partial charge in [0.15, 0.2) is 0 Å². The van der Waals surface area contributed by atoms with E-state index in [1.165, 1.54) is 6.92 Å². The van der Waals surface area contributed by atoms with E-state index in [9.17, 15) is 19.7 Å². The molecule has 0 aliphatic carbocycles. The molecule has 9 nitrogen and oxygen atoms in total. The van der Waals surface area contributed by atoms with Crippen LogP contribution in [0.15, 0.2) is 12.3 Å². The van der Waals surface area contributed by atoms with Gasteiger partial charge in [-0.3, -0.25) is 14.9 Å². The van der Waals surface area contributed by atoms with Gasteiger partial charge in [0.25, 0.3) is 5.69 Å². The first-order valence-corrected chi connectivity index (χ1v) is 6.17.